The van der Waals surface area contributed by atoms with Crippen LogP contribution in [0.2, 0.25) is 0 Å². The number of carbonyl (C=O) groups is 1. The molecule has 0 aromatic heterocycles. The lowest BCUT2D eigenvalue weighted by Crippen LogP contribution is -2.07. The fourth-order valence-corrected chi connectivity index (χ4v) is 2.04. The van der Waals surface area contributed by atoms with E-state index in [9.17, 15) is 4.79 Å². The number of hydrogen-bond acceptors (Lipinski definition) is 2. The maximum Gasteiger partial charge on any atom is 0.333 e. The second kappa shape index (κ2) is 9.03. The fourth-order valence-electron chi connectivity index (χ4n) is 2.04. The van der Waals surface area contributed by atoms with Crippen molar-refractivity contribution in [2.45, 2.75) is 58.3 Å². The SMILES string of the molecule is CCOC(=O)/C1=C\C=C/CCCCCCCC1. The topological polar surface area (TPSA) is 26.3 Å². The highest BCUT2D eigenvalue weighted by molar-refractivity contribution is 5.88. The van der Waals surface area contributed by atoms with Crippen LogP contribution in [0.3, 0.4) is 0 Å². The Kier molecular flexibility index (Phi) is 7.44. The lowest BCUT2D eigenvalue weighted by molar-refractivity contribution is -0.138. The summed E-state index contributed by atoms with van der Waals surface area (Å²) in [5.74, 6) is -0.144. The molecular formula is C15H24O2. The lowest BCUT2D eigenvalue weighted by atomic mass is 10.0. The highest BCUT2D eigenvalue weighted by atomic mass is 16.5. The molecule has 0 saturated heterocycles. The Hall–Kier alpha value is -1.05. The third-order valence-electron chi connectivity index (χ3n) is 3.04. The van der Waals surface area contributed by atoms with E-state index in [1.807, 2.05) is 19.1 Å². The maximum absolute atomic E-state index is 11.7. The summed E-state index contributed by atoms with van der Waals surface area (Å²) >= 11 is 0. The molecule has 0 aliphatic heterocycles. The van der Waals surface area contributed by atoms with Gasteiger partial charge in [0.1, 0.15) is 0 Å². The van der Waals surface area contributed by atoms with Crippen molar-refractivity contribution in [2.24, 2.45) is 0 Å². The molecule has 0 saturated carbocycles. The van der Waals surface area contributed by atoms with Crippen molar-refractivity contribution >= 4 is 5.97 Å². The summed E-state index contributed by atoms with van der Waals surface area (Å²) in [5.41, 5.74) is 0.823. The van der Waals surface area contributed by atoms with Gasteiger partial charge < -0.3 is 4.74 Å². The van der Waals surface area contributed by atoms with Crippen LogP contribution in [-0.4, -0.2) is 12.6 Å². The summed E-state index contributed by atoms with van der Waals surface area (Å²) in [4.78, 5) is 11.7. The minimum Gasteiger partial charge on any atom is -0.463 e. The van der Waals surface area contributed by atoms with Crippen LogP contribution in [0, 0.1) is 0 Å². The average Bonchev–Trinajstić information content (AvgIpc) is 2.30. The first-order valence-corrected chi connectivity index (χ1v) is 6.87. The molecule has 0 amide bonds. The van der Waals surface area contributed by atoms with Crippen molar-refractivity contribution in [3.63, 3.8) is 0 Å². The number of allylic oxidation sites excluding steroid dienone is 3. The van der Waals surface area contributed by atoms with Gasteiger partial charge in [-0.2, -0.15) is 0 Å². The minimum absolute atomic E-state index is 0.144. The number of hydrogen-bond donors (Lipinski definition) is 0. The second-order valence-electron chi connectivity index (χ2n) is 4.50. The van der Waals surface area contributed by atoms with Crippen LogP contribution in [0.5, 0.6) is 0 Å². The van der Waals surface area contributed by atoms with E-state index in [-0.39, 0.29) is 5.97 Å². The fraction of sp³-hybridized carbons (Fsp3) is 0.667. The molecule has 0 aromatic rings. The summed E-state index contributed by atoms with van der Waals surface area (Å²) in [7, 11) is 0. The molecule has 1 rings (SSSR count). The first-order chi connectivity index (χ1) is 8.34. The molecule has 1 aliphatic carbocycles. The number of esters is 1. The van der Waals surface area contributed by atoms with E-state index in [0.29, 0.717) is 6.61 Å². The van der Waals surface area contributed by atoms with Gasteiger partial charge in [0.25, 0.3) is 0 Å². The van der Waals surface area contributed by atoms with Crippen molar-refractivity contribution in [1.29, 1.82) is 0 Å². The molecule has 0 bridgehead atoms. The quantitative estimate of drug-likeness (QED) is 0.673. The molecule has 0 fully saturated rings. The summed E-state index contributed by atoms with van der Waals surface area (Å²) < 4.78 is 5.06. The Morgan fingerprint density at radius 3 is 2.65 bits per heavy atom. The monoisotopic (exact) mass is 236 g/mol. The van der Waals surface area contributed by atoms with Crippen molar-refractivity contribution < 1.29 is 9.53 Å². The van der Waals surface area contributed by atoms with Gasteiger partial charge in [-0.25, -0.2) is 4.79 Å². The predicted octanol–water partition coefficient (Wildman–Crippen LogP) is 4.17. The molecule has 0 unspecified atom stereocenters. The zero-order valence-corrected chi connectivity index (χ0v) is 10.9. The lowest BCUT2D eigenvalue weighted by Gasteiger charge is -2.07. The van der Waals surface area contributed by atoms with E-state index < -0.39 is 0 Å². The molecule has 17 heavy (non-hydrogen) atoms. The van der Waals surface area contributed by atoms with Gasteiger partial charge in [-0.05, 0) is 32.6 Å². The van der Waals surface area contributed by atoms with Gasteiger partial charge in [0, 0.05) is 5.57 Å². The molecule has 0 spiro atoms. The van der Waals surface area contributed by atoms with Crippen LogP contribution in [0.1, 0.15) is 58.3 Å². The Morgan fingerprint density at radius 2 is 1.88 bits per heavy atom. The third-order valence-corrected chi connectivity index (χ3v) is 3.04. The smallest absolute Gasteiger partial charge is 0.333 e. The van der Waals surface area contributed by atoms with Gasteiger partial charge in [0.15, 0.2) is 0 Å². The Morgan fingerprint density at radius 1 is 1.18 bits per heavy atom. The molecule has 0 heterocycles. The normalized spacial score (nSPS) is 23.7. The van der Waals surface area contributed by atoms with Gasteiger partial charge in [0.2, 0.25) is 0 Å². The molecule has 0 atom stereocenters. The molecule has 0 N–H and O–H groups in total. The molecular weight excluding hydrogens is 212 g/mol. The van der Waals surface area contributed by atoms with E-state index in [0.717, 1.165) is 24.8 Å². The van der Waals surface area contributed by atoms with E-state index in [1.165, 1.54) is 32.1 Å². The number of ether oxygens (including phenoxy) is 1. The predicted molar refractivity (Wildman–Crippen MR) is 70.8 cm³/mol. The van der Waals surface area contributed by atoms with E-state index in [2.05, 4.69) is 6.08 Å². The molecule has 2 nitrogen and oxygen atoms in total. The molecule has 2 heteroatoms. The molecule has 1 aliphatic rings. The van der Waals surface area contributed by atoms with Crippen LogP contribution >= 0.6 is 0 Å². The largest absolute Gasteiger partial charge is 0.463 e. The van der Waals surface area contributed by atoms with E-state index >= 15 is 0 Å². The number of rotatable bonds is 2. The van der Waals surface area contributed by atoms with Gasteiger partial charge >= 0.3 is 5.97 Å². The third kappa shape index (κ3) is 6.30. The summed E-state index contributed by atoms with van der Waals surface area (Å²) in [6.45, 7) is 2.31. The molecule has 96 valence electrons. The van der Waals surface area contributed by atoms with Crippen LogP contribution in [0.25, 0.3) is 0 Å². The number of carbonyl (C=O) groups excluding carboxylic acids is 1. The van der Waals surface area contributed by atoms with Crippen molar-refractivity contribution in [3.8, 4) is 0 Å². The van der Waals surface area contributed by atoms with E-state index in [4.69, 9.17) is 4.74 Å². The van der Waals surface area contributed by atoms with Crippen LogP contribution in [0.4, 0.5) is 0 Å². The average molecular weight is 236 g/mol. The maximum atomic E-state index is 11.7. The molecule has 0 radical (unpaired) electrons. The van der Waals surface area contributed by atoms with Crippen LogP contribution in [-0.2, 0) is 9.53 Å². The van der Waals surface area contributed by atoms with Crippen molar-refractivity contribution in [2.75, 3.05) is 6.61 Å². The highest BCUT2D eigenvalue weighted by Gasteiger charge is 2.09. The summed E-state index contributed by atoms with van der Waals surface area (Å²) in [6, 6.07) is 0. The van der Waals surface area contributed by atoms with E-state index in [1.54, 1.807) is 0 Å². The van der Waals surface area contributed by atoms with Gasteiger partial charge in [0.05, 0.1) is 6.61 Å². The standard InChI is InChI=1S/C15H24O2/c1-2-17-15(16)14-12-10-8-6-4-3-5-7-9-11-13-14/h8,10,12H,2-7,9,11,13H2,1H3/b10-8-,14-12-. The molecule has 0 aromatic carbocycles. The first-order valence-electron chi connectivity index (χ1n) is 6.87. The summed E-state index contributed by atoms with van der Waals surface area (Å²) in [6.07, 6.45) is 15.6. The minimum atomic E-state index is -0.144. The Bertz CT molecular complexity index is 277. The second-order valence-corrected chi connectivity index (χ2v) is 4.50. The highest BCUT2D eigenvalue weighted by Crippen LogP contribution is 2.15. The van der Waals surface area contributed by atoms with Crippen LogP contribution < -0.4 is 0 Å². The van der Waals surface area contributed by atoms with Crippen molar-refractivity contribution in [1.82, 2.24) is 0 Å². The van der Waals surface area contributed by atoms with Crippen LogP contribution in [0.15, 0.2) is 23.8 Å². The Balaban J connectivity index is 2.57. The van der Waals surface area contributed by atoms with Gasteiger partial charge in [-0.15, -0.1) is 0 Å². The van der Waals surface area contributed by atoms with Gasteiger partial charge in [-0.3, -0.25) is 0 Å². The first kappa shape index (κ1) is 14.0. The zero-order chi connectivity index (χ0) is 12.3. The summed E-state index contributed by atoms with van der Waals surface area (Å²) in [5, 5.41) is 0. The Labute approximate surface area is 105 Å². The van der Waals surface area contributed by atoms with Crippen molar-refractivity contribution in [3.05, 3.63) is 23.8 Å². The zero-order valence-electron chi connectivity index (χ0n) is 10.9. The van der Waals surface area contributed by atoms with Gasteiger partial charge in [-0.1, -0.05) is 43.9 Å².